The van der Waals surface area contributed by atoms with Gasteiger partial charge in [0.15, 0.2) is 4.34 Å². The summed E-state index contributed by atoms with van der Waals surface area (Å²) < 4.78 is 6.11. The molecule has 1 atom stereocenters. The lowest BCUT2D eigenvalue weighted by Gasteiger charge is -2.30. The normalized spacial score (nSPS) is 17.4. The van der Waals surface area contributed by atoms with E-state index in [0.29, 0.717) is 16.8 Å². The van der Waals surface area contributed by atoms with Crippen LogP contribution in [0.1, 0.15) is 19.8 Å². The maximum Gasteiger partial charge on any atom is 0.233 e. The molecule has 1 aliphatic rings. The Balaban J connectivity index is 1.54. The van der Waals surface area contributed by atoms with E-state index < -0.39 is 0 Å². The molecule has 0 unspecified atom stereocenters. The molecule has 0 saturated carbocycles. The number of piperidine rings is 1. The highest BCUT2D eigenvalue weighted by molar-refractivity contribution is 8.01. The number of amides is 1. The second-order valence-corrected chi connectivity index (χ2v) is 8.27. The highest BCUT2D eigenvalue weighted by Crippen LogP contribution is 2.31. The Labute approximate surface area is 156 Å². The second kappa shape index (κ2) is 8.53. The zero-order valence-electron chi connectivity index (χ0n) is 14.4. The summed E-state index contributed by atoms with van der Waals surface area (Å²) in [6.45, 7) is 3.95. The van der Waals surface area contributed by atoms with Gasteiger partial charge in [-0.15, -0.1) is 10.2 Å². The predicted molar refractivity (Wildman–Crippen MR) is 102 cm³/mol. The Morgan fingerprint density at radius 3 is 3.08 bits per heavy atom. The smallest absolute Gasteiger partial charge is 0.233 e. The van der Waals surface area contributed by atoms with Gasteiger partial charge in [-0.25, -0.2) is 0 Å². The first kappa shape index (κ1) is 18.0. The van der Waals surface area contributed by atoms with Crippen molar-refractivity contribution in [1.82, 2.24) is 15.1 Å². The third-order valence-corrected chi connectivity index (χ3v) is 6.04. The van der Waals surface area contributed by atoms with Gasteiger partial charge in [0.1, 0.15) is 5.75 Å². The quantitative estimate of drug-likeness (QED) is 0.774. The van der Waals surface area contributed by atoms with Crippen molar-refractivity contribution < 1.29 is 9.53 Å². The molecule has 0 aliphatic carbocycles. The summed E-state index contributed by atoms with van der Waals surface area (Å²) in [7, 11) is 1.63. The van der Waals surface area contributed by atoms with Crippen LogP contribution < -0.4 is 10.1 Å². The Morgan fingerprint density at radius 1 is 1.44 bits per heavy atom. The molecule has 1 aromatic carbocycles. The molecule has 1 N–H and O–H groups in total. The number of likely N-dealkylation sites (tertiary alicyclic amines) is 1. The summed E-state index contributed by atoms with van der Waals surface area (Å²) in [5.74, 6) is 1.95. The van der Waals surface area contributed by atoms with Crippen molar-refractivity contribution in [2.45, 2.75) is 24.1 Å². The molecule has 8 heteroatoms. The van der Waals surface area contributed by atoms with E-state index in [0.717, 1.165) is 35.3 Å². The maximum absolute atomic E-state index is 12.3. The summed E-state index contributed by atoms with van der Waals surface area (Å²) in [6, 6.07) is 7.66. The van der Waals surface area contributed by atoms with E-state index in [4.69, 9.17) is 4.74 Å². The fraction of sp³-hybridized carbons (Fsp3) is 0.471. The van der Waals surface area contributed by atoms with E-state index in [9.17, 15) is 4.79 Å². The highest BCUT2D eigenvalue weighted by Gasteiger charge is 2.21. The second-order valence-electron chi connectivity index (χ2n) is 6.07. The fourth-order valence-corrected chi connectivity index (χ4v) is 4.48. The zero-order valence-corrected chi connectivity index (χ0v) is 16.0. The molecule has 1 fully saturated rings. The topological polar surface area (TPSA) is 67.3 Å². The van der Waals surface area contributed by atoms with Crippen LogP contribution >= 0.6 is 23.1 Å². The van der Waals surface area contributed by atoms with Crippen LogP contribution in [-0.2, 0) is 4.79 Å². The summed E-state index contributed by atoms with van der Waals surface area (Å²) in [4.78, 5) is 14.3. The van der Waals surface area contributed by atoms with Crippen LogP contribution in [0.4, 0.5) is 10.8 Å². The Bertz CT molecular complexity index is 722. The van der Waals surface area contributed by atoms with E-state index in [2.05, 4.69) is 22.4 Å². The number of hydrogen-bond acceptors (Lipinski definition) is 7. The standard InChI is InChI=1S/C17H22N4O2S2/c1-12-6-5-9-21(10-12)15(22)11-24-17-20-19-16(25-17)18-13-7-3-4-8-14(13)23-2/h3-4,7-8,12H,5-6,9-11H2,1-2H3,(H,18,19)/t12-/m0/s1. The van der Waals surface area contributed by atoms with Crippen molar-refractivity contribution in [3.63, 3.8) is 0 Å². The molecule has 1 aromatic heterocycles. The van der Waals surface area contributed by atoms with Gasteiger partial charge in [0.2, 0.25) is 11.0 Å². The molecule has 1 saturated heterocycles. The van der Waals surface area contributed by atoms with Crippen LogP contribution in [0.2, 0.25) is 0 Å². The first-order valence-electron chi connectivity index (χ1n) is 8.30. The van der Waals surface area contributed by atoms with Gasteiger partial charge in [-0.3, -0.25) is 4.79 Å². The average Bonchev–Trinajstić information content (AvgIpc) is 3.07. The monoisotopic (exact) mass is 378 g/mol. The zero-order chi connectivity index (χ0) is 17.6. The molecule has 2 heterocycles. The lowest BCUT2D eigenvalue weighted by Crippen LogP contribution is -2.40. The number of aromatic nitrogens is 2. The summed E-state index contributed by atoms with van der Waals surface area (Å²) in [5.41, 5.74) is 0.844. The van der Waals surface area contributed by atoms with Crippen LogP contribution in [0, 0.1) is 5.92 Å². The molecule has 25 heavy (non-hydrogen) atoms. The van der Waals surface area contributed by atoms with Crippen molar-refractivity contribution in [3.05, 3.63) is 24.3 Å². The Hall–Kier alpha value is -1.80. The van der Waals surface area contributed by atoms with Crippen molar-refractivity contribution in [2.75, 3.05) is 31.3 Å². The van der Waals surface area contributed by atoms with E-state index in [1.54, 1.807) is 7.11 Å². The molecule has 0 spiro atoms. The maximum atomic E-state index is 12.3. The van der Waals surface area contributed by atoms with Gasteiger partial charge in [0.25, 0.3) is 0 Å². The van der Waals surface area contributed by atoms with Crippen molar-refractivity contribution >= 4 is 39.8 Å². The van der Waals surface area contributed by atoms with Gasteiger partial charge in [-0.05, 0) is 30.9 Å². The van der Waals surface area contributed by atoms with E-state index in [1.807, 2.05) is 29.2 Å². The third-order valence-electron chi connectivity index (χ3n) is 4.08. The highest BCUT2D eigenvalue weighted by atomic mass is 32.2. The number of rotatable bonds is 6. The van der Waals surface area contributed by atoms with E-state index in [1.165, 1.54) is 29.5 Å². The molecule has 3 rings (SSSR count). The Kier molecular flexibility index (Phi) is 6.14. The average molecular weight is 379 g/mol. The van der Waals surface area contributed by atoms with Crippen LogP contribution in [0.15, 0.2) is 28.6 Å². The number of hydrogen-bond donors (Lipinski definition) is 1. The largest absolute Gasteiger partial charge is 0.495 e. The number of benzene rings is 1. The number of carbonyl (C=O) groups excluding carboxylic acids is 1. The predicted octanol–water partition coefficient (Wildman–Crippen LogP) is 3.64. The molecule has 1 aliphatic heterocycles. The lowest BCUT2D eigenvalue weighted by molar-refractivity contribution is -0.130. The molecule has 6 nitrogen and oxygen atoms in total. The minimum atomic E-state index is 0.186. The number of thioether (sulfide) groups is 1. The molecule has 134 valence electrons. The number of ether oxygens (including phenoxy) is 1. The molecule has 2 aromatic rings. The Morgan fingerprint density at radius 2 is 2.28 bits per heavy atom. The third kappa shape index (κ3) is 4.85. The number of carbonyl (C=O) groups is 1. The number of nitrogens with zero attached hydrogens (tertiary/aromatic N) is 3. The van der Waals surface area contributed by atoms with Gasteiger partial charge in [-0.1, -0.05) is 42.2 Å². The number of anilines is 2. The minimum Gasteiger partial charge on any atom is -0.495 e. The summed E-state index contributed by atoms with van der Waals surface area (Å²) in [6.07, 6.45) is 2.31. The van der Waals surface area contributed by atoms with Gasteiger partial charge in [0, 0.05) is 13.1 Å². The van der Waals surface area contributed by atoms with Crippen molar-refractivity contribution in [1.29, 1.82) is 0 Å². The molecular weight excluding hydrogens is 356 g/mol. The van der Waals surface area contributed by atoms with Gasteiger partial charge < -0.3 is 15.0 Å². The lowest BCUT2D eigenvalue weighted by atomic mass is 10.0. The van der Waals surface area contributed by atoms with Crippen molar-refractivity contribution in [2.24, 2.45) is 5.92 Å². The van der Waals surface area contributed by atoms with Crippen LogP contribution in [0.3, 0.4) is 0 Å². The van der Waals surface area contributed by atoms with Gasteiger partial charge >= 0.3 is 0 Å². The van der Waals surface area contributed by atoms with Crippen LogP contribution in [0.25, 0.3) is 0 Å². The SMILES string of the molecule is COc1ccccc1Nc1nnc(SCC(=O)N2CCC[C@H](C)C2)s1. The number of para-hydroxylation sites is 2. The van der Waals surface area contributed by atoms with Crippen LogP contribution in [-0.4, -0.2) is 47.0 Å². The van der Waals surface area contributed by atoms with Crippen LogP contribution in [0.5, 0.6) is 5.75 Å². The minimum absolute atomic E-state index is 0.186. The first-order valence-corrected chi connectivity index (χ1v) is 10.1. The molecule has 1 amide bonds. The number of nitrogens with one attached hydrogen (secondary N) is 1. The fourth-order valence-electron chi connectivity index (χ4n) is 2.81. The number of methoxy groups -OCH3 is 1. The summed E-state index contributed by atoms with van der Waals surface area (Å²) in [5, 5.41) is 12.2. The summed E-state index contributed by atoms with van der Waals surface area (Å²) >= 11 is 2.89. The van der Waals surface area contributed by atoms with Gasteiger partial charge in [0.05, 0.1) is 18.6 Å². The van der Waals surface area contributed by atoms with E-state index >= 15 is 0 Å². The molecular formula is C17H22N4O2S2. The first-order chi connectivity index (χ1) is 12.2. The van der Waals surface area contributed by atoms with Gasteiger partial charge in [-0.2, -0.15) is 0 Å². The molecule has 0 radical (unpaired) electrons. The molecule has 0 bridgehead atoms. The van der Waals surface area contributed by atoms with E-state index in [-0.39, 0.29) is 5.91 Å². The van der Waals surface area contributed by atoms with Crippen molar-refractivity contribution in [3.8, 4) is 5.75 Å².